The maximum absolute atomic E-state index is 13.0. The van der Waals surface area contributed by atoms with Crippen molar-refractivity contribution in [1.82, 2.24) is 9.80 Å². The molecule has 1 aliphatic heterocycles. The first-order valence-electron chi connectivity index (χ1n) is 10.4. The van der Waals surface area contributed by atoms with E-state index in [1.54, 1.807) is 53.3 Å². The van der Waals surface area contributed by atoms with Gasteiger partial charge >= 0.3 is 0 Å². The van der Waals surface area contributed by atoms with Crippen molar-refractivity contribution in [2.24, 2.45) is 5.92 Å². The molecule has 7 nitrogen and oxygen atoms in total. The summed E-state index contributed by atoms with van der Waals surface area (Å²) in [6.07, 6.45) is 0. The van der Waals surface area contributed by atoms with Gasteiger partial charge in [0, 0.05) is 17.8 Å². The largest absolute Gasteiger partial charge is 0.497 e. The molecule has 3 amide bonds. The molecule has 164 valence electrons. The molecule has 0 aromatic heterocycles. The van der Waals surface area contributed by atoms with E-state index in [-0.39, 0.29) is 43.4 Å². The van der Waals surface area contributed by atoms with Crippen LogP contribution in [0.3, 0.4) is 0 Å². The summed E-state index contributed by atoms with van der Waals surface area (Å²) in [5.41, 5.74) is 2.32. The maximum Gasteiger partial charge on any atom is 0.254 e. The fraction of sp³-hybridized carbons (Fsp3) is 0.375. The molecule has 0 saturated carbocycles. The van der Waals surface area contributed by atoms with Crippen molar-refractivity contribution in [1.29, 1.82) is 0 Å². The van der Waals surface area contributed by atoms with Crippen molar-refractivity contribution in [2.45, 2.75) is 20.8 Å². The van der Waals surface area contributed by atoms with E-state index in [4.69, 9.17) is 4.74 Å². The van der Waals surface area contributed by atoms with Gasteiger partial charge in [-0.2, -0.15) is 0 Å². The van der Waals surface area contributed by atoms with Crippen LogP contribution in [0.4, 0.5) is 5.69 Å². The van der Waals surface area contributed by atoms with E-state index in [0.717, 1.165) is 5.56 Å². The van der Waals surface area contributed by atoms with Gasteiger partial charge in [-0.1, -0.05) is 31.5 Å². The Morgan fingerprint density at radius 3 is 2.29 bits per heavy atom. The van der Waals surface area contributed by atoms with Crippen LogP contribution in [0.1, 0.15) is 29.8 Å². The molecular weight excluding hydrogens is 394 g/mol. The summed E-state index contributed by atoms with van der Waals surface area (Å²) in [7, 11) is 1.58. The Kier molecular flexibility index (Phi) is 6.95. The number of hydrogen-bond acceptors (Lipinski definition) is 4. The number of amides is 3. The average molecular weight is 424 g/mol. The number of hydrogen-bond donors (Lipinski definition) is 0. The molecule has 0 radical (unpaired) electrons. The van der Waals surface area contributed by atoms with Crippen molar-refractivity contribution >= 4 is 23.4 Å². The van der Waals surface area contributed by atoms with Gasteiger partial charge < -0.3 is 14.5 Å². The monoisotopic (exact) mass is 423 g/mol. The Labute approximate surface area is 183 Å². The van der Waals surface area contributed by atoms with Crippen LogP contribution in [0.2, 0.25) is 0 Å². The average Bonchev–Trinajstić information content (AvgIpc) is 3.15. The zero-order chi connectivity index (χ0) is 22.5. The van der Waals surface area contributed by atoms with Gasteiger partial charge in [-0.05, 0) is 49.2 Å². The third-order valence-corrected chi connectivity index (χ3v) is 5.17. The number of benzene rings is 2. The molecule has 1 aliphatic rings. The summed E-state index contributed by atoms with van der Waals surface area (Å²) in [5.74, 6) is 0.323. The molecule has 0 bridgehead atoms. The lowest BCUT2D eigenvalue weighted by molar-refractivity contribution is -0.132. The first-order valence-corrected chi connectivity index (χ1v) is 10.4. The first kappa shape index (κ1) is 22.3. The molecule has 7 heteroatoms. The molecule has 0 spiro atoms. The van der Waals surface area contributed by atoms with Crippen molar-refractivity contribution < 1.29 is 19.1 Å². The lowest BCUT2D eigenvalue weighted by atomic mass is 10.1. The van der Waals surface area contributed by atoms with Gasteiger partial charge in [0.25, 0.3) is 5.91 Å². The van der Waals surface area contributed by atoms with E-state index in [0.29, 0.717) is 23.5 Å². The molecule has 0 N–H and O–H groups in total. The number of aryl methyl sites for hydroxylation is 1. The standard InChI is InChI=1S/C24H29N3O4/c1-17(2)13-25(24(30)19-7-5-18(3)6-8-19)14-22(28)26-15-23(29)27(16-26)20-9-11-21(31-4)12-10-20/h5-12,17H,13-16H2,1-4H3. The second-order valence-electron chi connectivity index (χ2n) is 8.20. The molecule has 1 saturated heterocycles. The van der Waals surface area contributed by atoms with Gasteiger partial charge in [-0.25, -0.2) is 0 Å². The zero-order valence-corrected chi connectivity index (χ0v) is 18.5. The summed E-state index contributed by atoms with van der Waals surface area (Å²) >= 11 is 0. The highest BCUT2D eigenvalue weighted by molar-refractivity contribution is 6.01. The van der Waals surface area contributed by atoms with E-state index in [1.807, 2.05) is 32.9 Å². The molecule has 0 unspecified atom stereocenters. The minimum absolute atomic E-state index is 0.000890. The molecule has 0 atom stereocenters. The van der Waals surface area contributed by atoms with E-state index >= 15 is 0 Å². The summed E-state index contributed by atoms with van der Waals surface area (Å²) in [5, 5.41) is 0. The van der Waals surface area contributed by atoms with Gasteiger partial charge in [0.1, 0.15) is 25.5 Å². The highest BCUT2D eigenvalue weighted by Gasteiger charge is 2.33. The fourth-order valence-electron chi connectivity index (χ4n) is 3.51. The summed E-state index contributed by atoms with van der Waals surface area (Å²) in [6.45, 7) is 6.53. The van der Waals surface area contributed by atoms with Crippen molar-refractivity contribution in [3.63, 3.8) is 0 Å². The quantitative estimate of drug-likeness (QED) is 0.687. The smallest absolute Gasteiger partial charge is 0.254 e. The molecule has 2 aromatic carbocycles. The van der Waals surface area contributed by atoms with Crippen LogP contribution in [-0.4, -0.2) is 60.9 Å². The van der Waals surface area contributed by atoms with E-state index in [2.05, 4.69) is 0 Å². The van der Waals surface area contributed by atoms with Gasteiger partial charge in [-0.15, -0.1) is 0 Å². The molecule has 2 aromatic rings. The lowest BCUT2D eigenvalue weighted by Gasteiger charge is -2.26. The third kappa shape index (κ3) is 5.42. The van der Waals surface area contributed by atoms with E-state index < -0.39 is 0 Å². The SMILES string of the molecule is COc1ccc(N2CN(C(=O)CN(CC(C)C)C(=O)c3ccc(C)cc3)CC2=O)cc1. The van der Waals surface area contributed by atoms with Crippen LogP contribution < -0.4 is 9.64 Å². The predicted molar refractivity (Wildman–Crippen MR) is 119 cm³/mol. The Hall–Kier alpha value is -3.35. The van der Waals surface area contributed by atoms with Gasteiger partial charge in [0.15, 0.2) is 0 Å². The van der Waals surface area contributed by atoms with Gasteiger partial charge in [0.2, 0.25) is 11.8 Å². The number of anilines is 1. The zero-order valence-electron chi connectivity index (χ0n) is 18.5. The highest BCUT2D eigenvalue weighted by Crippen LogP contribution is 2.23. The number of nitrogens with zero attached hydrogens (tertiary/aromatic N) is 3. The third-order valence-electron chi connectivity index (χ3n) is 5.17. The van der Waals surface area contributed by atoms with Crippen LogP contribution in [0, 0.1) is 12.8 Å². The van der Waals surface area contributed by atoms with Crippen LogP contribution in [0.25, 0.3) is 0 Å². The Morgan fingerprint density at radius 1 is 1.06 bits per heavy atom. The van der Waals surface area contributed by atoms with Crippen molar-refractivity contribution in [3.8, 4) is 5.75 Å². The first-order chi connectivity index (χ1) is 14.8. The number of carbonyl (C=O) groups is 3. The van der Waals surface area contributed by atoms with Gasteiger partial charge in [-0.3, -0.25) is 19.3 Å². The van der Waals surface area contributed by atoms with E-state index in [1.165, 1.54) is 4.90 Å². The topological polar surface area (TPSA) is 70.2 Å². The lowest BCUT2D eigenvalue weighted by Crippen LogP contribution is -2.44. The summed E-state index contributed by atoms with van der Waals surface area (Å²) in [4.78, 5) is 43.1. The van der Waals surface area contributed by atoms with Gasteiger partial charge in [0.05, 0.1) is 7.11 Å². The molecule has 3 rings (SSSR count). The van der Waals surface area contributed by atoms with Crippen LogP contribution in [0.15, 0.2) is 48.5 Å². The number of carbonyl (C=O) groups excluding carboxylic acids is 3. The normalized spacial score (nSPS) is 13.6. The van der Waals surface area contributed by atoms with Crippen LogP contribution >= 0.6 is 0 Å². The number of methoxy groups -OCH3 is 1. The minimum atomic E-state index is -0.245. The van der Waals surface area contributed by atoms with E-state index in [9.17, 15) is 14.4 Å². The fourth-order valence-corrected chi connectivity index (χ4v) is 3.51. The molecule has 0 aliphatic carbocycles. The molecule has 1 heterocycles. The van der Waals surface area contributed by atoms with Crippen LogP contribution in [-0.2, 0) is 9.59 Å². The Bertz CT molecular complexity index is 938. The second kappa shape index (κ2) is 9.64. The van der Waals surface area contributed by atoms with Crippen molar-refractivity contribution in [3.05, 3.63) is 59.7 Å². The maximum atomic E-state index is 13.0. The molecular formula is C24H29N3O4. The summed E-state index contributed by atoms with van der Waals surface area (Å²) < 4.78 is 5.15. The molecule has 31 heavy (non-hydrogen) atoms. The summed E-state index contributed by atoms with van der Waals surface area (Å²) in [6, 6.07) is 14.5. The number of rotatable bonds is 7. The minimum Gasteiger partial charge on any atom is -0.497 e. The number of ether oxygens (including phenoxy) is 1. The second-order valence-corrected chi connectivity index (χ2v) is 8.20. The highest BCUT2D eigenvalue weighted by atomic mass is 16.5. The predicted octanol–water partition coefficient (Wildman–Crippen LogP) is 2.93. The Balaban J connectivity index is 1.70. The molecule has 1 fully saturated rings. The Morgan fingerprint density at radius 2 is 1.71 bits per heavy atom. The van der Waals surface area contributed by atoms with Crippen molar-refractivity contribution in [2.75, 3.05) is 38.3 Å². The van der Waals surface area contributed by atoms with Crippen LogP contribution in [0.5, 0.6) is 5.75 Å².